The fourth-order valence-corrected chi connectivity index (χ4v) is 3.56. The highest BCUT2D eigenvalue weighted by atomic mass is 16.2. The minimum absolute atomic E-state index is 0.109. The highest BCUT2D eigenvalue weighted by molar-refractivity contribution is 5.87. The Hall–Kier alpha value is -2.56. The topological polar surface area (TPSA) is 65.2 Å². The molecular weight excluding hydrogens is 314 g/mol. The van der Waals surface area contributed by atoms with Crippen molar-refractivity contribution in [3.63, 3.8) is 0 Å². The van der Waals surface area contributed by atoms with E-state index in [1.54, 1.807) is 0 Å². The van der Waals surface area contributed by atoms with Gasteiger partial charge in [0.25, 0.3) is 0 Å². The third-order valence-electron chi connectivity index (χ3n) is 4.98. The van der Waals surface area contributed by atoms with Gasteiger partial charge in [-0.2, -0.15) is 0 Å². The van der Waals surface area contributed by atoms with E-state index in [1.165, 1.54) is 28.1 Å². The molecule has 5 heteroatoms. The Morgan fingerprint density at radius 3 is 2.84 bits per heavy atom. The second kappa shape index (κ2) is 7.55. The number of H-pyrrole nitrogens is 1. The number of nitrogens with zero attached hydrogens (tertiary/aromatic N) is 1. The summed E-state index contributed by atoms with van der Waals surface area (Å²) in [6, 6.07) is 6.52. The lowest BCUT2D eigenvalue weighted by atomic mass is 9.89. The molecule has 0 radical (unpaired) electrons. The van der Waals surface area contributed by atoms with Gasteiger partial charge in [0, 0.05) is 43.2 Å². The van der Waals surface area contributed by atoms with E-state index in [0.717, 1.165) is 25.9 Å². The number of carbonyl (C=O) groups excluding carboxylic acids is 2. The van der Waals surface area contributed by atoms with Gasteiger partial charge >= 0.3 is 0 Å². The van der Waals surface area contributed by atoms with Gasteiger partial charge < -0.3 is 15.2 Å². The van der Waals surface area contributed by atoms with E-state index < -0.39 is 0 Å². The zero-order valence-electron chi connectivity index (χ0n) is 14.7. The van der Waals surface area contributed by atoms with Gasteiger partial charge in [-0.25, -0.2) is 0 Å². The maximum atomic E-state index is 12.3. The maximum Gasteiger partial charge on any atom is 0.243 e. The fraction of sp³-hybridized carbons (Fsp3) is 0.400. The van der Waals surface area contributed by atoms with Crippen molar-refractivity contribution in [2.24, 2.45) is 0 Å². The van der Waals surface area contributed by atoms with Crippen molar-refractivity contribution in [2.75, 3.05) is 19.6 Å². The van der Waals surface area contributed by atoms with Gasteiger partial charge in [-0.1, -0.05) is 18.7 Å². The highest BCUT2D eigenvalue weighted by Crippen LogP contribution is 2.33. The first-order chi connectivity index (χ1) is 12.1. The highest BCUT2D eigenvalue weighted by Gasteiger charge is 2.25. The van der Waals surface area contributed by atoms with Gasteiger partial charge in [0.1, 0.15) is 0 Å². The number of nitrogens with one attached hydrogen (secondary N) is 2. The molecule has 5 nitrogen and oxygen atoms in total. The molecular formula is C20H25N3O2. The van der Waals surface area contributed by atoms with Crippen LogP contribution >= 0.6 is 0 Å². The molecule has 1 saturated heterocycles. The first kappa shape index (κ1) is 17.3. The predicted molar refractivity (Wildman–Crippen MR) is 99.4 cm³/mol. The number of aryl methyl sites for hydroxylation is 1. The van der Waals surface area contributed by atoms with Crippen molar-refractivity contribution >= 4 is 22.7 Å². The van der Waals surface area contributed by atoms with E-state index in [0.29, 0.717) is 18.9 Å². The van der Waals surface area contributed by atoms with Crippen LogP contribution < -0.4 is 5.32 Å². The van der Waals surface area contributed by atoms with Crippen molar-refractivity contribution in [3.05, 3.63) is 48.2 Å². The first-order valence-corrected chi connectivity index (χ1v) is 8.84. The summed E-state index contributed by atoms with van der Waals surface area (Å²) in [5.74, 6) is 0.361. The smallest absolute Gasteiger partial charge is 0.243 e. The molecule has 1 fully saturated rings. The summed E-state index contributed by atoms with van der Waals surface area (Å²) in [6.07, 6.45) is 5.64. The summed E-state index contributed by atoms with van der Waals surface area (Å²) in [6.45, 7) is 7.41. The van der Waals surface area contributed by atoms with Crippen LogP contribution in [0.4, 0.5) is 0 Å². The second-order valence-electron chi connectivity index (χ2n) is 6.69. The minimum Gasteiger partial charge on any atom is -0.361 e. The van der Waals surface area contributed by atoms with Gasteiger partial charge in [0.05, 0.1) is 0 Å². The van der Waals surface area contributed by atoms with Crippen molar-refractivity contribution in [1.82, 2.24) is 15.2 Å². The molecule has 0 saturated carbocycles. The fourth-order valence-electron chi connectivity index (χ4n) is 3.56. The summed E-state index contributed by atoms with van der Waals surface area (Å²) in [7, 11) is 0. The number of amides is 2. The molecule has 1 aromatic heterocycles. The number of fused-ring (bicyclic) bond motifs is 1. The third kappa shape index (κ3) is 3.92. The van der Waals surface area contributed by atoms with Crippen LogP contribution in [0, 0.1) is 6.92 Å². The molecule has 1 aliphatic rings. The number of benzene rings is 1. The normalized spacial score (nSPS) is 15.3. The SMILES string of the molecule is C=CC(=O)NCCC(=O)N1CCC(c2c[nH]c3cc(C)ccc23)CC1. The van der Waals surface area contributed by atoms with Crippen LogP contribution in [0.25, 0.3) is 10.9 Å². The van der Waals surface area contributed by atoms with E-state index in [4.69, 9.17) is 0 Å². The van der Waals surface area contributed by atoms with E-state index in [9.17, 15) is 9.59 Å². The van der Waals surface area contributed by atoms with Crippen molar-refractivity contribution in [3.8, 4) is 0 Å². The zero-order chi connectivity index (χ0) is 17.8. The lowest BCUT2D eigenvalue weighted by Gasteiger charge is -2.32. The van der Waals surface area contributed by atoms with E-state index in [2.05, 4.69) is 48.2 Å². The van der Waals surface area contributed by atoms with Crippen LogP contribution in [-0.2, 0) is 9.59 Å². The third-order valence-corrected chi connectivity index (χ3v) is 4.98. The molecule has 2 amide bonds. The molecule has 0 atom stereocenters. The number of aromatic amines is 1. The molecule has 2 heterocycles. The van der Waals surface area contributed by atoms with Crippen LogP contribution in [0.1, 0.15) is 36.3 Å². The monoisotopic (exact) mass is 339 g/mol. The van der Waals surface area contributed by atoms with Crippen LogP contribution in [0.2, 0.25) is 0 Å². The second-order valence-corrected chi connectivity index (χ2v) is 6.69. The number of likely N-dealkylation sites (tertiary alicyclic amines) is 1. The Morgan fingerprint density at radius 1 is 1.36 bits per heavy atom. The number of hydrogen-bond donors (Lipinski definition) is 2. The maximum absolute atomic E-state index is 12.3. The summed E-state index contributed by atoms with van der Waals surface area (Å²) < 4.78 is 0. The summed E-state index contributed by atoms with van der Waals surface area (Å²) in [5, 5.41) is 3.94. The van der Waals surface area contributed by atoms with Gasteiger partial charge in [0.2, 0.25) is 11.8 Å². The van der Waals surface area contributed by atoms with Crippen LogP contribution in [0.15, 0.2) is 37.1 Å². The predicted octanol–water partition coefficient (Wildman–Crippen LogP) is 2.87. The number of aromatic nitrogens is 1. The Kier molecular flexibility index (Phi) is 5.22. The molecule has 1 aromatic carbocycles. The molecule has 0 bridgehead atoms. The number of piperidine rings is 1. The lowest BCUT2D eigenvalue weighted by Crippen LogP contribution is -2.39. The van der Waals surface area contributed by atoms with Crippen molar-refractivity contribution in [1.29, 1.82) is 0 Å². The Bertz CT molecular complexity index is 785. The number of rotatable bonds is 5. The van der Waals surface area contributed by atoms with Crippen molar-refractivity contribution in [2.45, 2.75) is 32.1 Å². The van der Waals surface area contributed by atoms with Gasteiger partial charge in [0.15, 0.2) is 0 Å². The molecule has 2 aromatic rings. The molecule has 3 rings (SSSR count). The minimum atomic E-state index is -0.235. The zero-order valence-corrected chi connectivity index (χ0v) is 14.7. The summed E-state index contributed by atoms with van der Waals surface area (Å²) in [5.41, 5.74) is 3.80. The largest absolute Gasteiger partial charge is 0.361 e. The van der Waals surface area contributed by atoms with Crippen LogP contribution in [0.3, 0.4) is 0 Å². The molecule has 2 N–H and O–H groups in total. The number of hydrogen-bond acceptors (Lipinski definition) is 2. The molecule has 0 aliphatic carbocycles. The van der Waals surface area contributed by atoms with Crippen LogP contribution in [0.5, 0.6) is 0 Å². The molecule has 0 unspecified atom stereocenters. The average molecular weight is 339 g/mol. The van der Waals surface area contributed by atoms with Gasteiger partial charge in [-0.15, -0.1) is 0 Å². The first-order valence-electron chi connectivity index (χ1n) is 8.84. The quantitative estimate of drug-likeness (QED) is 0.823. The average Bonchev–Trinajstić information content (AvgIpc) is 3.04. The van der Waals surface area contributed by atoms with E-state index in [-0.39, 0.29) is 11.8 Å². The molecule has 132 valence electrons. The molecule has 1 aliphatic heterocycles. The van der Waals surface area contributed by atoms with E-state index in [1.807, 2.05) is 4.90 Å². The molecule has 25 heavy (non-hydrogen) atoms. The Labute approximate surface area is 148 Å². The number of carbonyl (C=O) groups is 2. The Morgan fingerprint density at radius 2 is 2.12 bits per heavy atom. The van der Waals surface area contributed by atoms with Gasteiger partial charge in [-0.05, 0) is 49.0 Å². The van der Waals surface area contributed by atoms with Crippen molar-refractivity contribution < 1.29 is 9.59 Å². The van der Waals surface area contributed by atoms with Crippen LogP contribution in [-0.4, -0.2) is 41.3 Å². The van der Waals surface area contributed by atoms with Gasteiger partial charge in [-0.3, -0.25) is 9.59 Å². The van der Waals surface area contributed by atoms with E-state index >= 15 is 0 Å². The summed E-state index contributed by atoms with van der Waals surface area (Å²) in [4.78, 5) is 28.7. The molecule has 0 spiro atoms. The Balaban J connectivity index is 1.55. The standard InChI is InChI=1S/C20H25N3O2/c1-3-19(24)21-9-6-20(25)23-10-7-15(8-11-23)17-13-22-18-12-14(2)4-5-16(17)18/h3-5,12-13,15,22H,1,6-11H2,2H3,(H,21,24). The lowest BCUT2D eigenvalue weighted by molar-refractivity contribution is -0.132. The summed E-state index contributed by atoms with van der Waals surface area (Å²) >= 11 is 0.